The van der Waals surface area contributed by atoms with Gasteiger partial charge in [-0.2, -0.15) is 0 Å². The Morgan fingerprint density at radius 1 is 1.19 bits per heavy atom. The number of thiazole rings is 1. The highest BCUT2D eigenvalue weighted by molar-refractivity contribution is 7.89. The average molecular weight is 394 g/mol. The third kappa shape index (κ3) is 4.90. The van der Waals surface area contributed by atoms with Crippen LogP contribution < -0.4 is 10.3 Å². The molecule has 1 aliphatic carbocycles. The van der Waals surface area contributed by atoms with Gasteiger partial charge in [0, 0.05) is 5.38 Å². The summed E-state index contributed by atoms with van der Waals surface area (Å²) in [5.41, 5.74) is 4.06. The molecule has 0 unspecified atom stereocenters. The Hall–Kier alpha value is -1.77. The number of rotatable bonds is 6. The van der Waals surface area contributed by atoms with Crippen molar-refractivity contribution in [1.82, 2.24) is 15.2 Å². The van der Waals surface area contributed by atoms with Crippen molar-refractivity contribution in [3.05, 3.63) is 45.9 Å². The number of sulfonamides is 1. The number of nitrogens with zero attached hydrogens (tertiary/aromatic N) is 1. The van der Waals surface area contributed by atoms with Crippen LogP contribution in [0, 0.1) is 6.92 Å². The summed E-state index contributed by atoms with van der Waals surface area (Å²) in [4.78, 5) is 18.4. The topological polar surface area (TPSA) is 88.2 Å². The van der Waals surface area contributed by atoms with E-state index in [0.717, 1.165) is 17.8 Å². The minimum absolute atomic E-state index is 0.0352. The van der Waals surface area contributed by atoms with Crippen molar-refractivity contribution in [2.45, 2.75) is 56.3 Å². The van der Waals surface area contributed by atoms with Gasteiger partial charge in [0.1, 0.15) is 0 Å². The molecule has 8 heteroatoms. The molecule has 0 aliphatic heterocycles. The molecular weight excluding hydrogens is 370 g/mol. The van der Waals surface area contributed by atoms with Crippen molar-refractivity contribution < 1.29 is 13.2 Å². The molecule has 140 valence electrons. The molecule has 26 heavy (non-hydrogen) atoms. The molecule has 1 saturated carbocycles. The van der Waals surface area contributed by atoms with E-state index >= 15 is 0 Å². The number of carbonyl (C=O) groups is 1. The molecule has 1 amide bonds. The Bertz CT molecular complexity index is 854. The first kappa shape index (κ1) is 19.0. The molecule has 1 aromatic carbocycles. The summed E-state index contributed by atoms with van der Waals surface area (Å²) in [6, 6.07) is 6.96. The van der Waals surface area contributed by atoms with Crippen molar-refractivity contribution in [1.29, 1.82) is 0 Å². The van der Waals surface area contributed by atoms with Crippen molar-refractivity contribution in [2.24, 2.45) is 0 Å². The lowest BCUT2D eigenvalue weighted by Crippen LogP contribution is -2.42. The van der Waals surface area contributed by atoms with E-state index in [4.69, 9.17) is 0 Å². The number of amides is 1. The molecule has 0 bridgehead atoms. The summed E-state index contributed by atoms with van der Waals surface area (Å²) in [7, 11) is -3.79. The van der Waals surface area contributed by atoms with Gasteiger partial charge >= 0.3 is 0 Å². The standard InChI is InChI=1S/C18H23N3O3S2/c1-13-19-16(12-25-13)11-18(22)20-21-26(23,24)17-9-7-15(8-10-17)14-5-3-2-4-6-14/h7-10,12,14,21H,2-6,11H2,1H3,(H,20,22). The molecule has 6 nitrogen and oxygen atoms in total. The highest BCUT2D eigenvalue weighted by atomic mass is 32.2. The number of hydrazine groups is 1. The molecular formula is C18H23N3O3S2. The fraction of sp³-hybridized carbons (Fsp3) is 0.444. The van der Waals surface area contributed by atoms with Gasteiger partial charge < -0.3 is 0 Å². The molecule has 0 saturated heterocycles. The number of hydrogen-bond acceptors (Lipinski definition) is 5. The molecule has 3 rings (SSSR count). The number of hydrogen-bond donors (Lipinski definition) is 2. The van der Waals surface area contributed by atoms with E-state index in [1.165, 1.54) is 36.2 Å². The fourth-order valence-corrected chi connectivity index (χ4v) is 4.71. The van der Waals surface area contributed by atoms with Crippen LogP contribution in [-0.4, -0.2) is 19.3 Å². The van der Waals surface area contributed by atoms with Gasteiger partial charge in [-0.15, -0.1) is 16.2 Å². The third-order valence-electron chi connectivity index (χ3n) is 4.60. The summed E-state index contributed by atoms with van der Waals surface area (Å²) < 4.78 is 24.7. The lowest BCUT2D eigenvalue weighted by atomic mass is 9.84. The van der Waals surface area contributed by atoms with Gasteiger partial charge in [-0.05, 0) is 43.4 Å². The van der Waals surface area contributed by atoms with Gasteiger partial charge in [0.2, 0.25) is 5.91 Å². The summed E-state index contributed by atoms with van der Waals surface area (Å²) in [6.45, 7) is 1.85. The highest BCUT2D eigenvalue weighted by Gasteiger charge is 2.19. The summed E-state index contributed by atoms with van der Waals surface area (Å²) in [5.74, 6) is 0.0763. The first-order valence-electron chi connectivity index (χ1n) is 8.76. The van der Waals surface area contributed by atoms with Gasteiger partial charge in [-0.25, -0.2) is 13.4 Å². The Morgan fingerprint density at radius 3 is 2.50 bits per heavy atom. The van der Waals surface area contributed by atoms with E-state index in [2.05, 4.69) is 15.2 Å². The average Bonchev–Trinajstić information content (AvgIpc) is 3.06. The second-order valence-corrected chi connectivity index (χ2v) is 9.34. The molecule has 1 aromatic heterocycles. The van der Waals surface area contributed by atoms with Gasteiger partial charge in [0.05, 0.1) is 22.0 Å². The molecule has 2 N–H and O–H groups in total. The highest BCUT2D eigenvalue weighted by Crippen LogP contribution is 2.32. The van der Waals surface area contributed by atoms with E-state index in [9.17, 15) is 13.2 Å². The summed E-state index contributed by atoms with van der Waals surface area (Å²) in [5, 5.41) is 2.65. The number of nitrogens with one attached hydrogen (secondary N) is 2. The minimum Gasteiger partial charge on any atom is -0.277 e. The molecule has 1 fully saturated rings. The SMILES string of the molecule is Cc1nc(CC(=O)NNS(=O)(=O)c2ccc(C3CCCCC3)cc2)cs1. The first-order valence-corrected chi connectivity index (χ1v) is 11.1. The predicted molar refractivity (Wildman–Crippen MR) is 101 cm³/mol. The van der Waals surface area contributed by atoms with Crippen LogP contribution in [0.2, 0.25) is 0 Å². The number of carbonyl (C=O) groups excluding carboxylic acids is 1. The zero-order valence-corrected chi connectivity index (χ0v) is 16.3. The maximum Gasteiger partial charge on any atom is 0.257 e. The van der Waals surface area contributed by atoms with Crippen LogP contribution in [0.5, 0.6) is 0 Å². The van der Waals surface area contributed by atoms with E-state index in [1.54, 1.807) is 17.5 Å². The van der Waals surface area contributed by atoms with E-state index in [0.29, 0.717) is 11.6 Å². The van der Waals surface area contributed by atoms with Crippen molar-refractivity contribution in [2.75, 3.05) is 0 Å². The van der Waals surface area contributed by atoms with Crippen LogP contribution in [0.1, 0.15) is 54.3 Å². The molecule has 0 radical (unpaired) electrons. The fourth-order valence-electron chi connectivity index (χ4n) is 3.24. The monoisotopic (exact) mass is 393 g/mol. The first-order chi connectivity index (χ1) is 12.4. The Labute approximate surface area is 158 Å². The van der Waals surface area contributed by atoms with Crippen molar-refractivity contribution >= 4 is 27.3 Å². The largest absolute Gasteiger partial charge is 0.277 e. The zero-order valence-electron chi connectivity index (χ0n) is 14.7. The smallest absolute Gasteiger partial charge is 0.257 e. The van der Waals surface area contributed by atoms with Crippen LogP contribution in [0.4, 0.5) is 0 Å². The molecule has 0 atom stereocenters. The lowest BCUT2D eigenvalue weighted by molar-refractivity contribution is -0.120. The van der Waals surface area contributed by atoms with Crippen molar-refractivity contribution in [3.63, 3.8) is 0 Å². The minimum atomic E-state index is -3.79. The maximum absolute atomic E-state index is 12.3. The van der Waals surface area contributed by atoms with Crippen LogP contribution in [0.15, 0.2) is 34.5 Å². The van der Waals surface area contributed by atoms with Gasteiger partial charge in [-0.3, -0.25) is 10.2 Å². The third-order valence-corrected chi connectivity index (χ3v) is 6.69. The van der Waals surface area contributed by atoms with Crippen LogP contribution in [-0.2, 0) is 21.2 Å². The van der Waals surface area contributed by atoms with E-state index in [1.807, 2.05) is 19.1 Å². The van der Waals surface area contributed by atoms with Crippen molar-refractivity contribution in [3.8, 4) is 0 Å². The normalized spacial score (nSPS) is 15.7. The van der Waals surface area contributed by atoms with Gasteiger partial charge in [0.25, 0.3) is 10.0 Å². The second kappa shape index (κ2) is 8.28. The summed E-state index contributed by atoms with van der Waals surface area (Å²) >= 11 is 1.45. The van der Waals surface area contributed by atoms with Crippen LogP contribution in [0.3, 0.4) is 0 Å². The zero-order chi connectivity index (χ0) is 18.6. The number of aryl methyl sites for hydroxylation is 1. The van der Waals surface area contributed by atoms with E-state index in [-0.39, 0.29) is 11.3 Å². The maximum atomic E-state index is 12.3. The van der Waals surface area contributed by atoms with Gasteiger partial charge in [-0.1, -0.05) is 31.4 Å². The Morgan fingerprint density at radius 2 is 1.88 bits per heavy atom. The Kier molecular flexibility index (Phi) is 6.05. The quantitative estimate of drug-likeness (QED) is 0.739. The van der Waals surface area contributed by atoms with Crippen LogP contribution in [0.25, 0.3) is 0 Å². The summed E-state index contributed by atoms with van der Waals surface area (Å²) in [6.07, 6.45) is 6.11. The number of benzene rings is 1. The number of aromatic nitrogens is 1. The molecule has 0 spiro atoms. The Balaban J connectivity index is 1.57. The predicted octanol–water partition coefficient (Wildman–Crippen LogP) is 3.05. The second-order valence-electron chi connectivity index (χ2n) is 6.59. The van der Waals surface area contributed by atoms with E-state index < -0.39 is 15.9 Å². The van der Waals surface area contributed by atoms with Gasteiger partial charge in [0.15, 0.2) is 0 Å². The molecule has 2 aromatic rings. The lowest BCUT2D eigenvalue weighted by Gasteiger charge is -2.22. The molecule has 1 heterocycles. The molecule has 1 aliphatic rings. The van der Waals surface area contributed by atoms with Crippen LogP contribution >= 0.6 is 11.3 Å².